The van der Waals surface area contributed by atoms with Crippen molar-refractivity contribution < 1.29 is 29.1 Å². The SMILES string of the molecule is CC(C)(C=C(C#N)C(=O)N1CCCCC(OC(=O)N[C@@H](CC2=CCCC2)B(O)O)C1)N1CCOCC1. The van der Waals surface area contributed by atoms with Gasteiger partial charge in [0, 0.05) is 25.2 Å². The Morgan fingerprint density at radius 1 is 1.31 bits per heavy atom. The van der Waals surface area contributed by atoms with Crippen molar-refractivity contribution in [2.45, 2.75) is 76.4 Å². The topological polar surface area (TPSA) is 135 Å². The molecule has 0 saturated carbocycles. The van der Waals surface area contributed by atoms with Crippen LogP contribution in [0.4, 0.5) is 4.79 Å². The van der Waals surface area contributed by atoms with E-state index in [0.29, 0.717) is 32.6 Å². The first-order valence-corrected chi connectivity index (χ1v) is 13.0. The third-order valence-electron chi connectivity index (χ3n) is 7.14. The molecule has 10 nitrogen and oxygen atoms in total. The lowest BCUT2D eigenvalue weighted by Gasteiger charge is -2.39. The van der Waals surface area contributed by atoms with Gasteiger partial charge in [-0.15, -0.1) is 0 Å². The summed E-state index contributed by atoms with van der Waals surface area (Å²) >= 11 is 0. The Hall–Kier alpha value is -2.39. The van der Waals surface area contributed by atoms with Crippen molar-refractivity contribution >= 4 is 19.1 Å². The minimum absolute atomic E-state index is 0.0740. The molecule has 2 aliphatic heterocycles. The van der Waals surface area contributed by atoms with Gasteiger partial charge >= 0.3 is 13.2 Å². The van der Waals surface area contributed by atoms with Crippen LogP contribution in [0, 0.1) is 11.3 Å². The highest BCUT2D eigenvalue weighted by Crippen LogP contribution is 2.23. The minimum Gasteiger partial charge on any atom is -0.444 e. The van der Waals surface area contributed by atoms with Gasteiger partial charge in [-0.05, 0) is 64.9 Å². The van der Waals surface area contributed by atoms with E-state index in [1.54, 1.807) is 11.0 Å². The van der Waals surface area contributed by atoms with Gasteiger partial charge in [0.15, 0.2) is 0 Å². The van der Waals surface area contributed by atoms with Crippen molar-refractivity contribution in [2.24, 2.45) is 0 Å². The largest absolute Gasteiger partial charge is 0.475 e. The number of likely N-dealkylation sites (tertiary alicyclic amines) is 1. The summed E-state index contributed by atoms with van der Waals surface area (Å²) in [4.78, 5) is 29.6. The molecule has 0 bridgehead atoms. The van der Waals surface area contributed by atoms with Crippen LogP contribution in [0.1, 0.15) is 58.8 Å². The normalized spacial score (nSPS) is 22.8. The second-order valence-electron chi connectivity index (χ2n) is 10.3. The number of morpholine rings is 1. The molecule has 3 N–H and O–H groups in total. The summed E-state index contributed by atoms with van der Waals surface area (Å²) in [5, 5.41) is 31.8. The van der Waals surface area contributed by atoms with Crippen LogP contribution in [0.5, 0.6) is 0 Å². The van der Waals surface area contributed by atoms with Gasteiger partial charge < -0.3 is 29.7 Å². The molecule has 0 spiro atoms. The molecule has 2 atom stereocenters. The number of hydrogen-bond acceptors (Lipinski definition) is 8. The van der Waals surface area contributed by atoms with Crippen molar-refractivity contribution in [3.8, 4) is 6.07 Å². The van der Waals surface area contributed by atoms with Crippen molar-refractivity contribution in [3.05, 3.63) is 23.3 Å². The van der Waals surface area contributed by atoms with Crippen LogP contribution >= 0.6 is 0 Å². The second-order valence-corrected chi connectivity index (χ2v) is 10.3. The summed E-state index contributed by atoms with van der Waals surface area (Å²) in [5.41, 5.74) is 0.682. The molecule has 3 aliphatic rings. The Morgan fingerprint density at radius 2 is 2.06 bits per heavy atom. The van der Waals surface area contributed by atoms with Gasteiger partial charge in [-0.3, -0.25) is 9.69 Å². The Morgan fingerprint density at radius 3 is 2.69 bits per heavy atom. The highest BCUT2D eigenvalue weighted by molar-refractivity contribution is 6.43. The number of allylic oxidation sites excluding steroid dienone is 1. The van der Waals surface area contributed by atoms with E-state index in [4.69, 9.17) is 9.47 Å². The predicted octanol–water partition coefficient (Wildman–Crippen LogP) is 1.54. The van der Waals surface area contributed by atoms with Crippen LogP contribution in [0.3, 0.4) is 0 Å². The van der Waals surface area contributed by atoms with Gasteiger partial charge in [0.05, 0.1) is 25.7 Å². The average Bonchev–Trinajstić information content (AvgIpc) is 3.26. The second kappa shape index (κ2) is 13.2. The van der Waals surface area contributed by atoms with E-state index in [9.17, 15) is 24.9 Å². The number of hydrogen-bond donors (Lipinski definition) is 3. The van der Waals surface area contributed by atoms with Crippen molar-refractivity contribution in [1.29, 1.82) is 5.26 Å². The third kappa shape index (κ3) is 8.06. The standard InChI is InChI=1S/C25H39BN4O6/c1-25(2,30-11-13-35-14-12-30)16-20(17-27)23(31)29-10-6-5-9-21(18-29)36-24(32)28-22(26(33)34)15-19-7-3-4-8-19/h7,16,21-22,33-34H,3-6,8-15,18H2,1-2H3,(H,28,32)/t21?,22-/m0/s1. The molecule has 0 aromatic heterocycles. The van der Waals surface area contributed by atoms with Crippen LogP contribution in [0.2, 0.25) is 0 Å². The molecule has 2 saturated heterocycles. The Bertz CT molecular complexity index is 878. The average molecular weight is 502 g/mol. The summed E-state index contributed by atoms with van der Waals surface area (Å²) in [6.07, 6.45) is 7.83. The first-order chi connectivity index (χ1) is 17.2. The number of amides is 2. The molecule has 36 heavy (non-hydrogen) atoms. The maximum absolute atomic E-state index is 13.3. The number of nitriles is 1. The summed E-state index contributed by atoms with van der Waals surface area (Å²) < 4.78 is 11.0. The lowest BCUT2D eigenvalue weighted by atomic mass is 9.76. The lowest BCUT2D eigenvalue weighted by Crippen LogP contribution is -2.49. The molecule has 2 heterocycles. The Kier molecular flexibility index (Phi) is 10.4. The Balaban J connectivity index is 1.61. The fourth-order valence-corrected chi connectivity index (χ4v) is 5.05. The van der Waals surface area contributed by atoms with Gasteiger partial charge in [0.1, 0.15) is 17.7 Å². The monoisotopic (exact) mass is 502 g/mol. The number of ether oxygens (including phenoxy) is 2. The highest BCUT2D eigenvalue weighted by atomic mass is 16.6. The first kappa shape index (κ1) is 28.2. The van der Waals surface area contributed by atoms with Gasteiger partial charge in [-0.1, -0.05) is 11.6 Å². The van der Waals surface area contributed by atoms with E-state index >= 15 is 0 Å². The zero-order valence-electron chi connectivity index (χ0n) is 21.4. The maximum atomic E-state index is 13.3. The fourth-order valence-electron chi connectivity index (χ4n) is 5.05. The van der Waals surface area contributed by atoms with Crippen LogP contribution in [-0.2, 0) is 14.3 Å². The highest BCUT2D eigenvalue weighted by Gasteiger charge is 2.32. The molecule has 0 aromatic rings. The molecule has 2 amide bonds. The van der Waals surface area contributed by atoms with Crippen LogP contribution in [-0.4, -0.2) is 95.9 Å². The molecule has 198 valence electrons. The van der Waals surface area contributed by atoms with Crippen molar-refractivity contribution in [2.75, 3.05) is 39.4 Å². The molecule has 2 fully saturated rings. The van der Waals surface area contributed by atoms with E-state index in [0.717, 1.165) is 50.8 Å². The minimum atomic E-state index is -1.70. The first-order valence-electron chi connectivity index (χ1n) is 13.0. The molecule has 0 aromatic carbocycles. The third-order valence-corrected chi connectivity index (χ3v) is 7.14. The molecule has 0 radical (unpaired) electrons. The zero-order valence-corrected chi connectivity index (χ0v) is 21.4. The molecular weight excluding hydrogens is 463 g/mol. The predicted molar refractivity (Wildman–Crippen MR) is 135 cm³/mol. The molecule has 1 aliphatic carbocycles. The maximum Gasteiger partial charge on any atom is 0.475 e. The van der Waals surface area contributed by atoms with E-state index in [1.165, 1.54) is 0 Å². The molecule has 3 rings (SSSR count). The summed E-state index contributed by atoms with van der Waals surface area (Å²) in [6.45, 7) is 7.31. The Labute approximate surface area is 214 Å². The van der Waals surface area contributed by atoms with Gasteiger partial charge in [0.25, 0.3) is 5.91 Å². The van der Waals surface area contributed by atoms with E-state index in [-0.39, 0.29) is 18.0 Å². The van der Waals surface area contributed by atoms with E-state index in [1.807, 2.05) is 13.8 Å². The summed E-state index contributed by atoms with van der Waals surface area (Å²) in [6, 6.07) is 2.07. The summed E-state index contributed by atoms with van der Waals surface area (Å²) in [5.74, 6) is -1.23. The van der Waals surface area contributed by atoms with E-state index in [2.05, 4.69) is 22.4 Å². The summed E-state index contributed by atoms with van der Waals surface area (Å²) in [7, 11) is -1.70. The van der Waals surface area contributed by atoms with Crippen LogP contribution < -0.4 is 5.32 Å². The number of rotatable bonds is 8. The molecule has 11 heteroatoms. The zero-order chi connectivity index (χ0) is 26.1. The van der Waals surface area contributed by atoms with Crippen LogP contribution in [0.25, 0.3) is 0 Å². The van der Waals surface area contributed by atoms with Gasteiger partial charge in [-0.25, -0.2) is 4.79 Å². The van der Waals surface area contributed by atoms with Crippen LogP contribution in [0.15, 0.2) is 23.3 Å². The number of carbonyl (C=O) groups is 2. The molecule has 1 unspecified atom stereocenters. The number of carbonyl (C=O) groups excluding carboxylic acids is 2. The number of nitrogens with one attached hydrogen (secondary N) is 1. The molecular formula is C25H39BN4O6. The van der Waals surface area contributed by atoms with Gasteiger partial charge in [-0.2, -0.15) is 5.26 Å². The number of nitrogens with zero attached hydrogens (tertiary/aromatic N) is 3. The van der Waals surface area contributed by atoms with E-state index < -0.39 is 30.8 Å². The number of alkyl carbamates (subject to hydrolysis) is 1. The smallest absolute Gasteiger partial charge is 0.444 e. The van der Waals surface area contributed by atoms with Crippen molar-refractivity contribution in [3.63, 3.8) is 0 Å². The van der Waals surface area contributed by atoms with Crippen molar-refractivity contribution in [1.82, 2.24) is 15.1 Å². The fraction of sp³-hybridized carbons (Fsp3) is 0.720. The lowest BCUT2D eigenvalue weighted by molar-refractivity contribution is -0.127. The van der Waals surface area contributed by atoms with Gasteiger partial charge in [0.2, 0.25) is 0 Å². The quantitative estimate of drug-likeness (QED) is 0.197.